The van der Waals surface area contributed by atoms with Gasteiger partial charge in [0.2, 0.25) is 0 Å². The highest BCUT2D eigenvalue weighted by atomic mass is 16.5. The summed E-state index contributed by atoms with van der Waals surface area (Å²) in [6.45, 7) is 4.36. The SMILES string of the molecule is C=CCNc1cc(Nc2ccc(OC)cc2)nc(-c2ccccc2)n1. The highest BCUT2D eigenvalue weighted by molar-refractivity contribution is 5.65. The smallest absolute Gasteiger partial charge is 0.163 e. The van der Waals surface area contributed by atoms with Gasteiger partial charge in [0.05, 0.1) is 7.11 Å². The van der Waals surface area contributed by atoms with Crippen molar-refractivity contribution in [3.05, 3.63) is 73.3 Å². The van der Waals surface area contributed by atoms with Crippen LogP contribution in [0.15, 0.2) is 73.3 Å². The van der Waals surface area contributed by atoms with E-state index < -0.39 is 0 Å². The molecule has 2 N–H and O–H groups in total. The van der Waals surface area contributed by atoms with Crippen LogP contribution in [0.25, 0.3) is 11.4 Å². The molecule has 0 aliphatic heterocycles. The second-order valence-electron chi connectivity index (χ2n) is 5.35. The highest BCUT2D eigenvalue weighted by Gasteiger charge is 2.07. The quantitative estimate of drug-likeness (QED) is 0.624. The first kappa shape index (κ1) is 16.5. The zero-order chi connectivity index (χ0) is 17.5. The van der Waals surface area contributed by atoms with Crippen molar-refractivity contribution < 1.29 is 4.74 Å². The van der Waals surface area contributed by atoms with Gasteiger partial charge in [0.25, 0.3) is 0 Å². The van der Waals surface area contributed by atoms with Crippen molar-refractivity contribution in [3.63, 3.8) is 0 Å². The lowest BCUT2D eigenvalue weighted by atomic mass is 10.2. The second kappa shape index (κ2) is 7.97. The van der Waals surface area contributed by atoms with Crippen LogP contribution in [0, 0.1) is 0 Å². The lowest BCUT2D eigenvalue weighted by Crippen LogP contribution is -2.04. The Labute approximate surface area is 147 Å². The maximum absolute atomic E-state index is 5.19. The van der Waals surface area contributed by atoms with Crippen LogP contribution < -0.4 is 15.4 Å². The molecule has 3 rings (SSSR count). The van der Waals surface area contributed by atoms with Gasteiger partial charge < -0.3 is 15.4 Å². The van der Waals surface area contributed by atoms with E-state index in [9.17, 15) is 0 Å². The number of nitrogens with zero attached hydrogens (tertiary/aromatic N) is 2. The van der Waals surface area contributed by atoms with Crippen LogP contribution in [0.1, 0.15) is 0 Å². The molecule has 0 spiro atoms. The Balaban J connectivity index is 1.92. The summed E-state index contributed by atoms with van der Waals surface area (Å²) in [6.07, 6.45) is 1.79. The van der Waals surface area contributed by atoms with Crippen molar-refractivity contribution in [2.45, 2.75) is 0 Å². The summed E-state index contributed by atoms with van der Waals surface area (Å²) >= 11 is 0. The molecule has 0 atom stereocenters. The van der Waals surface area contributed by atoms with Gasteiger partial charge in [0, 0.05) is 23.9 Å². The number of anilines is 3. The van der Waals surface area contributed by atoms with Gasteiger partial charge in [-0.15, -0.1) is 6.58 Å². The van der Waals surface area contributed by atoms with Crippen molar-refractivity contribution in [2.24, 2.45) is 0 Å². The molecule has 0 saturated heterocycles. The van der Waals surface area contributed by atoms with E-state index in [1.54, 1.807) is 13.2 Å². The summed E-state index contributed by atoms with van der Waals surface area (Å²) < 4.78 is 5.19. The number of rotatable bonds is 7. The van der Waals surface area contributed by atoms with Crippen molar-refractivity contribution in [3.8, 4) is 17.1 Å². The highest BCUT2D eigenvalue weighted by Crippen LogP contribution is 2.23. The topological polar surface area (TPSA) is 59.1 Å². The number of hydrogen-bond donors (Lipinski definition) is 2. The molecule has 126 valence electrons. The third kappa shape index (κ3) is 4.35. The Hall–Kier alpha value is -3.34. The summed E-state index contributed by atoms with van der Waals surface area (Å²) in [6, 6.07) is 19.5. The summed E-state index contributed by atoms with van der Waals surface area (Å²) in [4.78, 5) is 9.21. The lowest BCUT2D eigenvalue weighted by molar-refractivity contribution is 0.415. The molecule has 0 radical (unpaired) electrons. The summed E-state index contributed by atoms with van der Waals surface area (Å²) in [5.41, 5.74) is 1.88. The molecule has 0 fully saturated rings. The molecule has 0 unspecified atom stereocenters. The molecule has 0 saturated carbocycles. The minimum atomic E-state index is 0.632. The van der Waals surface area contributed by atoms with E-state index >= 15 is 0 Å². The summed E-state index contributed by atoms with van der Waals surface area (Å²) in [5, 5.41) is 6.53. The number of aromatic nitrogens is 2. The summed E-state index contributed by atoms with van der Waals surface area (Å²) in [5.74, 6) is 2.92. The van der Waals surface area contributed by atoms with Crippen LogP contribution in [0.4, 0.5) is 17.3 Å². The molecule has 25 heavy (non-hydrogen) atoms. The van der Waals surface area contributed by atoms with E-state index in [-0.39, 0.29) is 0 Å². The van der Waals surface area contributed by atoms with Crippen LogP contribution in [0.2, 0.25) is 0 Å². The zero-order valence-corrected chi connectivity index (χ0v) is 14.1. The van der Waals surface area contributed by atoms with Crippen LogP contribution >= 0.6 is 0 Å². The Morgan fingerprint density at radius 2 is 1.72 bits per heavy atom. The van der Waals surface area contributed by atoms with Crippen molar-refractivity contribution in [2.75, 3.05) is 24.3 Å². The van der Waals surface area contributed by atoms with E-state index in [2.05, 4.69) is 27.2 Å². The van der Waals surface area contributed by atoms with E-state index in [4.69, 9.17) is 4.74 Å². The molecule has 5 nitrogen and oxygen atoms in total. The van der Waals surface area contributed by atoms with E-state index in [1.807, 2.05) is 60.7 Å². The van der Waals surface area contributed by atoms with Gasteiger partial charge in [-0.2, -0.15) is 0 Å². The molecule has 1 aromatic heterocycles. The Morgan fingerprint density at radius 3 is 2.40 bits per heavy atom. The largest absolute Gasteiger partial charge is 0.497 e. The summed E-state index contributed by atoms with van der Waals surface area (Å²) in [7, 11) is 1.65. The number of methoxy groups -OCH3 is 1. The van der Waals surface area contributed by atoms with Gasteiger partial charge in [-0.1, -0.05) is 36.4 Å². The maximum atomic E-state index is 5.19. The number of benzene rings is 2. The Kier molecular flexibility index (Phi) is 5.26. The van der Waals surface area contributed by atoms with Gasteiger partial charge in [-0.3, -0.25) is 0 Å². The predicted octanol–water partition coefficient (Wildman–Crippen LogP) is 4.49. The molecular weight excluding hydrogens is 312 g/mol. The number of ether oxygens (including phenoxy) is 1. The minimum Gasteiger partial charge on any atom is -0.497 e. The molecule has 0 aliphatic carbocycles. The fourth-order valence-electron chi connectivity index (χ4n) is 2.32. The van der Waals surface area contributed by atoms with Crippen molar-refractivity contribution >= 4 is 17.3 Å². The molecule has 3 aromatic rings. The fourth-order valence-corrected chi connectivity index (χ4v) is 2.32. The molecule has 0 bridgehead atoms. The third-order valence-corrected chi connectivity index (χ3v) is 3.55. The third-order valence-electron chi connectivity index (χ3n) is 3.55. The van der Waals surface area contributed by atoms with Crippen molar-refractivity contribution in [1.82, 2.24) is 9.97 Å². The lowest BCUT2D eigenvalue weighted by Gasteiger charge is -2.11. The molecular formula is C20H20N4O. The monoisotopic (exact) mass is 332 g/mol. The average Bonchev–Trinajstić information content (AvgIpc) is 2.67. The Bertz CT molecular complexity index is 832. The van der Waals surface area contributed by atoms with Gasteiger partial charge in [0.1, 0.15) is 17.4 Å². The van der Waals surface area contributed by atoms with Crippen LogP contribution in [0.3, 0.4) is 0 Å². The maximum Gasteiger partial charge on any atom is 0.163 e. The van der Waals surface area contributed by atoms with Gasteiger partial charge in [-0.05, 0) is 24.3 Å². The fraction of sp³-hybridized carbons (Fsp3) is 0.100. The molecule has 0 amide bonds. The van der Waals surface area contributed by atoms with Gasteiger partial charge >= 0.3 is 0 Å². The minimum absolute atomic E-state index is 0.632. The second-order valence-corrected chi connectivity index (χ2v) is 5.35. The predicted molar refractivity (Wildman–Crippen MR) is 102 cm³/mol. The van der Waals surface area contributed by atoms with E-state index in [0.29, 0.717) is 18.2 Å². The number of hydrogen-bond acceptors (Lipinski definition) is 5. The van der Waals surface area contributed by atoms with Crippen molar-refractivity contribution in [1.29, 1.82) is 0 Å². The normalized spacial score (nSPS) is 10.1. The zero-order valence-electron chi connectivity index (χ0n) is 14.1. The van der Waals surface area contributed by atoms with Crippen LogP contribution in [-0.2, 0) is 0 Å². The molecule has 5 heteroatoms. The Morgan fingerprint density at radius 1 is 1.00 bits per heavy atom. The average molecular weight is 332 g/mol. The van der Waals surface area contributed by atoms with Crippen LogP contribution in [0.5, 0.6) is 5.75 Å². The van der Waals surface area contributed by atoms with E-state index in [0.717, 1.165) is 22.8 Å². The first-order valence-electron chi connectivity index (χ1n) is 7.99. The molecule has 2 aromatic carbocycles. The van der Waals surface area contributed by atoms with Gasteiger partial charge in [-0.25, -0.2) is 9.97 Å². The first-order valence-corrected chi connectivity index (χ1v) is 7.99. The molecule has 0 aliphatic rings. The van der Waals surface area contributed by atoms with Gasteiger partial charge in [0.15, 0.2) is 5.82 Å². The standard InChI is InChI=1S/C20H20N4O/c1-3-13-21-18-14-19(22-16-9-11-17(25-2)12-10-16)24-20(23-18)15-7-5-4-6-8-15/h3-12,14H,1,13H2,2H3,(H2,21,22,23,24). The van der Waals surface area contributed by atoms with E-state index in [1.165, 1.54) is 0 Å². The first-order chi connectivity index (χ1) is 12.3. The van der Waals surface area contributed by atoms with Crippen LogP contribution in [-0.4, -0.2) is 23.6 Å². The molecule has 1 heterocycles. The number of nitrogens with one attached hydrogen (secondary N) is 2.